The van der Waals surface area contributed by atoms with Crippen LogP contribution in [-0.2, 0) is 16.9 Å². The molecule has 36 heavy (non-hydrogen) atoms. The Morgan fingerprint density at radius 1 is 1.11 bits per heavy atom. The quantitative estimate of drug-likeness (QED) is 0.418. The molecule has 9 nitrogen and oxygen atoms in total. The van der Waals surface area contributed by atoms with Gasteiger partial charge in [0.15, 0.2) is 5.69 Å². The van der Waals surface area contributed by atoms with Crippen molar-refractivity contribution < 1.29 is 32.3 Å². The van der Waals surface area contributed by atoms with Gasteiger partial charge in [0.25, 0.3) is 5.89 Å². The minimum Gasteiger partial charge on any atom is -0.406 e. The fourth-order valence-electron chi connectivity index (χ4n) is 3.99. The molecule has 3 aromatic heterocycles. The molecule has 4 heterocycles. The molecule has 4 aromatic rings. The summed E-state index contributed by atoms with van der Waals surface area (Å²) in [6.07, 6.45) is -2.11. The molecule has 0 atom stereocenters. The lowest BCUT2D eigenvalue weighted by molar-refractivity contribution is -0.274. The summed E-state index contributed by atoms with van der Waals surface area (Å²) in [7, 11) is 0. The van der Waals surface area contributed by atoms with E-state index in [-0.39, 0.29) is 17.5 Å². The fraction of sp³-hybridized carbons (Fsp3) is 0.333. The average Bonchev–Trinajstić information content (AvgIpc) is 3.47. The number of pyridine rings is 1. The highest BCUT2D eigenvalue weighted by molar-refractivity contribution is 5.58. The summed E-state index contributed by atoms with van der Waals surface area (Å²) in [5, 5.41) is 19.4. The van der Waals surface area contributed by atoms with E-state index in [1.54, 1.807) is 16.9 Å². The number of halogens is 3. The van der Waals surface area contributed by atoms with Crippen LogP contribution in [0.2, 0.25) is 0 Å². The molecule has 1 saturated heterocycles. The first kappa shape index (κ1) is 23.9. The van der Waals surface area contributed by atoms with Crippen molar-refractivity contribution in [2.75, 3.05) is 13.2 Å². The van der Waals surface area contributed by atoms with Crippen LogP contribution in [0.15, 0.2) is 53.2 Å². The highest BCUT2D eigenvalue weighted by Gasteiger charge is 2.33. The number of benzene rings is 1. The number of nitrogens with zero attached hydrogens (tertiary/aromatic N) is 5. The maximum absolute atomic E-state index is 12.4. The first-order valence-corrected chi connectivity index (χ1v) is 11.2. The molecule has 1 fully saturated rings. The standard InChI is InChI=1S/C24H22F3N5O4/c1-15-12-19(22-29-21(31-36-22)17-2-4-18(5-3-17)35-24(25,26)27)30-32(15)14-16-6-9-28-20(13-16)23(33)7-10-34-11-8-23/h2-6,9,12-13,33H,7-8,10-11,14H2,1H3. The highest BCUT2D eigenvalue weighted by atomic mass is 19.4. The molecule has 0 aliphatic carbocycles. The molecule has 0 bridgehead atoms. The predicted molar refractivity (Wildman–Crippen MR) is 120 cm³/mol. The lowest BCUT2D eigenvalue weighted by Gasteiger charge is -2.31. The molecule has 0 amide bonds. The number of hydrogen-bond donors (Lipinski definition) is 1. The molecule has 0 spiro atoms. The predicted octanol–water partition coefficient (Wildman–Crippen LogP) is 4.25. The lowest BCUT2D eigenvalue weighted by atomic mass is 9.89. The molecule has 0 unspecified atom stereocenters. The summed E-state index contributed by atoms with van der Waals surface area (Å²) < 4.78 is 53.4. The summed E-state index contributed by atoms with van der Waals surface area (Å²) in [6, 6.07) is 10.7. The Labute approximate surface area is 203 Å². The molecule has 188 valence electrons. The number of alkyl halides is 3. The number of aryl methyl sites for hydroxylation is 1. The van der Waals surface area contributed by atoms with Crippen molar-refractivity contribution in [3.8, 4) is 28.7 Å². The Bertz CT molecular complexity index is 1340. The van der Waals surface area contributed by atoms with Gasteiger partial charge in [0.05, 0.1) is 12.2 Å². The minimum absolute atomic E-state index is 0.175. The van der Waals surface area contributed by atoms with Crippen LogP contribution >= 0.6 is 0 Å². The Balaban J connectivity index is 1.32. The zero-order valence-electron chi connectivity index (χ0n) is 19.2. The van der Waals surface area contributed by atoms with E-state index in [1.807, 2.05) is 19.1 Å². The molecule has 1 aromatic carbocycles. The first-order chi connectivity index (χ1) is 17.2. The Kier molecular flexibility index (Phi) is 6.22. The van der Waals surface area contributed by atoms with Gasteiger partial charge in [-0.05, 0) is 55.0 Å². The topological polar surface area (TPSA) is 108 Å². The zero-order chi connectivity index (χ0) is 25.3. The summed E-state index contributed by atoms with van der Waals surface area (Å²) >= 11 is 0. The van der Waals surface area contributed by atoms with Gasteiger partial charge in [0, 0.05) is 43.5 Å². The summed E-state index contributed by atoms with van der Waals surface area (Å²) in [5.74, 6) is 0.0428. The van der Waals surface area contributed by atoms with Crippen LogP contribution in [-0.4, -0.2) is 49.6 Å². The second-order valence-corrected chi connectivity index (χ2v) is 8.52. The van der Waals surface area contributed by atoms with E-state index in [0.717, 1.165) is 11.3 Å². The molecular weight excluding hydrogens is 479 g/mol. The third-order valence-corrected chi connectivity index (χ3v) is 5.93. The van der Waals surface area contributed by atoms with Crippen LogP contribution in [0.5, 0.6) is 5.75 Å². The van der Waals surface area contributed by atoms with Gasteiger partial charge in [0.2, 0.25) is 5.82 Å². The van der Waals surface area contributed by atoms with E-state index >= 15 is 0 Å². The molecule has 1 aliphatic heterocycles. The van der Waals surface area contributed by atoms with E-state index in [1.165, 1.54) is 24.3 Å². The van der Waals surface area contributed by atoms with E-state index in [4.69, 9.17) is 9.26 Å². The SMILES string of the molecule is Cc1cc(-c2nc(-c3ccc(OC(F)(F)F)cc3)no2)nn1Cc1ccnc(C2(O)CCOCC2)c1. The largest absolute Gasteiger partial charge is 0.573 e. The van der Waals surface area contributed by atoms with Gasteiger partial charge in [-0.1, -0.05) is 5.16 Å². The van der Waals surface area contributed by atoms with Crippen molar-refractivity contribution in [2.24, 2.45) is 0 Å². The molecule has 0 radical (unpaired) electrons. The van der Waals surface area contributed by atoms with Crippen molar-refractivity contribution in [1.29, 1.82) is 0 Å². The second kappa shape index (κ2) is 9.36. The molecular formula is C24H22F3N5O4. The van der Waals surface area contributed by atoms with Crippen LogP contribution in [0.4, 0.5) is 13.2 Å². The van der Waals surface area contributed by atoms with E-state index < -0.39 is 12.0 Å². The Morgan fingerprint density at radius 2 is 1.86 bits per heavy atom. The third kappa shape index (κ3) is 5.24. The van der Waals surface area contributed by atoms with Crippen molar-refractivity contribution >= 4 is 0 Å². The summed E-state index contributed by atoms with van der Waals surface area (Å²) in [5.41, 5.74) is 2.30. The van der Waals surface area contributed by atoms with Crippen molar-refractivity contribution in [3.63, 3.8) is 0 Å². The van der Waals surface area contributed by atoms with Crippen molar-refractivity contribution in [1.82, 2.24) is 24.9 Å². The van der Waals surface area contributed by atoms with Gasteiger partial charge < -0.3 is 19.1 Å². The molecule has 1 N–H and O–H groups in total. The number of hydrogen-bond acceptors (Lipinski definition) is 8. The van der Waals surface area contributed by atoms with Gasteiger partial charge in [-0.15, -0.1) is 13.2 Å². The summed E-state index contributed by atoms with van der Waals surface area (Å²) in [4.78, 5) is 8.70. The zero-order valence-corrected chi connectivity index (χ0v) is 19.2. The first-order valence-electron chi connectivity index (χ1n) is 11.2. The fourth-order valence-corrected chi connectivity index (χ4v) is 3.99. The Morgan fingerprint density at radius 3 is 2.58 bits per heavy atom. The minimum atomic E-state index is -4.76. The van der Waals surface area contributed by atoms with Gasteiger partial charge in [0.1, 0.15) is 11.4 Å². The monoisotopic (exact) mass is 501 g/mol. The summed E-state index contributed by atoms with van der Waals surface area (Å²) in [6.45, 7) is 3.31. The second-order valence-electron chi connectivity index (χ2n) is 8.52. The maximum atomic E-state index is 12.4. The van der Waals surface area contributed by atoms with Gasteiger partial charge in [-0.3, -0.25) is 9.67 Å². The van der Waals surface area contributed by atoms with Gasteiger partial charge in [-0.2, -0.15) is 10.1 Å². The van der Waals surface area contributed by atoms with Crippen molar-refractivity contribution in [2.45, 2.75) is 38.3 Å². The van der Waals surface area contributed by atoms with E-state index in [9.17, 15) is 18.3 Å². The smallest absolute Gasteiger partial charge is 0.406 e. The number of aromatic nitrogens is 5. The molecule has 1 aliphatic rings. The molecule has 0 saturated carbocycles. The van der Waals surface area contributed by atoms with Crippen LogP contribution in [0.1, 0.15) is 29.8 Å². The molecule has 5 rings (SSSR count). The number of rotatable bonds is 6. The van der Waals surface area contributed by atoms with E-state index in [0.29, 0.717) is 49.6 Å². The normalized spacial score (nSPS) is 15.7. The molecule has 12 heteroatoms. The highest BCUT2D eigenvalue weighted by Crippen LogP contribution is 2.31. The third-order valence-electron chi connectivity index (χ3n) is 5.93. The van der Waals surface area contributed by atoms with Crippen LogP contribution in [0.25, 0.3) is 23.0 Å². The van der Waals surface area contributed by atoms with Crippen LogP contribution in [0.3, 0.4) is 0 Å². The number of aliphatic hydroxyl groups is 1. The maximum Gasteiger partial charge on any atom is 0.573 e. The Hall–Kier alpha value is -3.77. The lowest BCUT2D eigenvalue weighted by Crippen LogP contribution is -2.34. The van der Waals surface area contributed by atoms with Crippen molar-refractivity contribution in [3.05, 3.63) is 65.6 Å². The van der Waals surface area contributed by atoms with Gasteiger partial charge in [-0.25, -0.2) is 0 Å². The number of ether oxygens (including phenoxy) is 2. The van der Waals surface area contributed by atoms with Crippen LogP contribution in [0, 0.1) is 6.92 Å². The van der Waals surface area contributed by atoms with Crippen LogP contribution < -0.4 is 4.74 Å². The van der Waals surface area contributed by atoms with Gasteiger partial charge >= 0.3 is 6.36 Å². The van der Waals surface area contributed by atoms with E-state index in [2.05, 4.69) is 25.0 Å². The average molecular weight is 501 g/mol.